The standard InChI is InChI=1S/C18H25FN4O3S2/c1-2-3-17(27)21-9-13-10-23(18(24)26-13)12-4-5-14(15(19)8-12)16-6-7-28(20,25)11-22-16/h4-5,8,13,16,20,22H,2-3,6-7,9-11H2,1H3,(H,21,27)/t13-,16?,28?/m0/s1. The van der Waals surface area contributed by atoms with E-state index >= 15 is 0 Å². The van der Waals surface area contributed by atoms with Gasteiger partial charge in [-0.25, -0.2) is 13.4 Å². The highest BCUT2D eigenvalue weighted by atomic mass is 32.2. The number of anilines is 1. The molecule has 2 aliphatic rings. The molecule has 0 radical (unpaired) electrons. The van der Waals surface area contributed by atoms with Crippen LogP contribution >= 0.6 is 12.2 Å². The maximum absolute atomic E-state index is 14.7. The van der Waals surface area contributed by atoms with Crippen molar-refractivity contribution in [2.24, 2.45) is 0 Å². The van der Waals surface area contributed by atoms with Crippen molar-refractivity contribution in [2.45, 2.75) is 38.3 Å². The first kappa shape index (κ1) is 20.9. The van der Waals surface area contributed by atoms with E-state index in [1.807, 2.05) is 6.92 Å². The van der Waals surface area contributed by atoms with Crippen LogP contribution in [0.2, 0.25) is 0 Å². The van der Waals surface area contributed by atoms with E-state index in [-0.39, 0.29) is 23.8 Å². The van der Waals surface area contributed by atoms with Crippen LogP contribution in [0.3, 0.4) is 0 Å². The van der Waals surface area contributed by atoms with Crippen LogP contribution in [0.5, 0.6) is 0 Å². The van der Waals surface area contributed by atoms with Crippen molar-refractivity contribution in [3.8, 4) is 0 Å². The number of nitrogens with zero attached hydrogens (tertiary/aromatic N) is 1. The first-order valence-electron chi connectivity index (χ1n) is 9.31. The lowest BCUT2D eigenvalue weighted by atomic mass is 10.0. The van der Waals surface area contributed by atoms with E-state index in [9.17, 15) is 13.4 Å². The van der Waals surface area contributed by atoms with Crippen molar-refractivity contribution >= 4 is 38.7 Å². The van der Waals surface area contributed by atoms with Crippen molar-refractivity contribution in [1.29, 1.82) is 4.78 Å². The van der Waals surface area contributed by atoms with Crippen LogP contribution < -0.4 is 15.5 Å². The number of thiocarbonyl (C=S) groups is 1. The van der Waals surface area contributed by atoms with E-state index in [1.54, 1.807) is 12.1 Å². The normalized spacial score (nSPS) is 27.5. The van der Waals surface area contributed by atoms with Gasteiger partial charge in [0.2, 0.25) is 0 Å². The molecule has 3 N–H and O–H groups in total. The lowest BCUT2D eigenvalue weighted by Gasteiger charge is -2.26. The molecule has 0 bridgehead atoms. The van der Waals surface area contributed by atoms with Gasteiger partial charge in [0.15, 0.2) is 0 Å². The van der Waals surface area contributed by atoms with Crippen molar-refractivity contribution in [2.75, 3.05) is 29.6 Å². The Morgan fingerprint density at radius 3 is 2.96 bits per heavy atom. The average Bonchev–Trinajstić information content (AvgIpc) is 3.01. The number of hydrogen-bond donors (Lipinski definition) is 3. The molecule has 0 spiro atoms. The zero-order chi connectivity index (χ0) is 20.3. The van der Waals surface area contributed by atoms with Crippen LogP contribution in [0.4, 0.5) is 14.9 Å². The van der Waals surface area contributed by atoms with Crippen LogP contribution in [-0.2, 0) is 14.5 Å². The van der Waals surface area contributed by atoms with E-state index in [0.717, 1.165) is 17.8 Å². The second-order valence-electron chi connectivity index (χ2n) is 7.08. The number of carbonyl (C=O) groups is 1. The fourth-order valence-electron chi connectivity index (χ4n) is 3.33. The van der Waals surface area contributed by atoms with E-state index in [4.69, 9.17) is 21.7 Å². The summed E-state index contributed by atoms with van der Waals surface area (Å²) in [7, 11) is -2.60. The summed E-state index contributed by atoms with van der Waals surface area (Å²) in [5, 5.41) is 6.07. The summed E-state index contributed by atoms with van der Waals surface area (Å²) >= 11 is 5.20. The molecule has 28 heavy (non-hydrogen) atoms. The molecule has 2 saturated heterocycles. The summed E-state index contributed by atoms with van der Waals surface area (Å²) in [4.78, 5) is 14.3. The molecule has 2 heterocycles. The number of hydrogen-bond acceptors (Lipinski definition) is 6. The maximum Gasteiger partial charge on any atom is 0.414 e. The monoisotopic (exact) mass is 428 g/mol. The summed E-state index contributed by atoms with van der Waals surface area (Å²) in [5.41, 5.74) is 0.888. The third-order valence-corrected chi connectivity index (χ3v) is 6.72. The van der Waals surface area contributed by atoms with Crippen molar-refractivity contribution in [3.63, 3.8) is 0 Å². The Morgan fingerprint density at radius 1 is 1.54 bits per heavy atom. The second kappa shape index (κ2) is 8.71. The summed E-state index contributed by atoms with van der Waals surface area (Å²) in [6, 6.07) is 4.36. The van der Waals surface area contributed by atoms with Gasteiger partial charge in [-0.3, -0.25) is 15.0 Å². The zero-order valence-electron chi connectivity index (χ0n) is 15.7. The minimum absolute atomic E-state index is 0.0614. The first-order valence-corrected chi connectivity index (χ1v) is 11.6. The van der Waals surface area contributed by atoms with Crippen LogP contribution in [0, 0.1) is 10.6 Å². The Labute approximate surface area is 170 Å². The number of rotatable bonds is 6. The minimum Gasteiger partial charge on any atom is -0.442 e. The Morgan fingerprint density at radius 2 is 2.32 bits per heavy atom. The van der Waals surface area contributed by atoms with E-state index in [0.29, 0.717) is 30.8 Å². The van der Waals surface area contributed by atoms with E-state index in [1.165, 1.54) is 11.0 Å². The van der Waals surface area contributed by atoms with Crippen molar-refractivity contribution in [3.05, 3.63) is 29.6 Å². The molecule has 0 aromatic heterocycles. The van der Waals surface area contributed by atoms with Gasteiger partial charge in [0.25, 0.3) is 0 Å². The Balaban J connectivity index is 1.63. The van der Waals surface area contributed by atoms with Gasteiger partial charge in [0, 0.05) is 17.4 Å². The number of carbonyl (C=O) groups excluding carboxylic acids is 1. The SMILES string of the molecule is CCCC(=S)NC[C@H]1CN(c2ccc(C3CCS(=N)(=O)CN3)c(F)c2)C(=O)O1. The van der Waals surface area contributed by atoms with Crippen molar-refractivity contribution < 1.29 is 18.1 Å². The molecule has 1 aromatic rings. The summed E-state index contributed by atoms with van der Waals surface area (Å²) in [6.45, 7) is 2.79. The minimum atomic E-state index is -2.60. The number of nitrogens with one attached hydrogen (secondary N) is 3. The molecule has 0 aliphatic carbocycles. The second-order valence-corrected chi connectivity index (χ2v) is 9.90. The molecular formula is C18H25FN4O3S2. The smallest absolute Gasteiger partial charge is 0.414 e. The van der Waals surface area contributed by atoms with Gasteiger partial charge in [0.1, 0.15) is 11.9 Å². The van der Waals surface area contributed by atoms with Crippen LogP contribution in [0.1, 0.15) is 37.8 Å². The number of benzene rings is 1. The highest BCUT2D eigenvalue weighted by Crippen LogP contribution is 2.29. The average molecular weight is 429 g/mol. The zero-order valence-corrected chi connectivity index (χ0v) is 17.3. The predicted molar refractivity (Wildman–Crippen MR) is 111 cm³/mol. The van der Waals surface area contributed by atoms with Gasteiger partial charge < -0.3 is 10.1 Å². The molecule has 2 aliphatic heterocycles. The molecule has 2 unspecified atom stereocenters. The van der Waals surface area contributed by atoms with Gasteiger partial charge in [-0.1, -0.05) is 25.2 Å². The van der Waals surface area contributed by atoms with Crippen molar-refractivity contribution in [1.82, 2.24) is 10.6 Å². The first-order chi connectivity index (χ1) is 13.3. The molecule has 3 atom stereocenters. The molecule has 10 heteroatoms. The number of ether oxygens (including phenoxy) is 1. The molecule has 154 valence electrons. The third kappa shape index (κ3) is 4.98. The van der Waals surface area contributed by atoms with Gasteiger partial charge >= 0.3 is 6.09 Å². The quantitative estimate of drug-likeness (QED) is 0.603. The summed E-state index contributed by atoms with van der Waals surface area (Å²) < 4.78 is 39.4. The van der Waals surface area contributed by atoms with Crippen LogP contribution in [0.25, 0.3) is 0 Å². The molecule has 0 saturated carbocycles. The maximum atomic E-state index is 14.7. The molecular weight excluding hydrogens is 403 g/mol. The van der Waals surface area contributed by atoms with Crippen LogP contribution in [0.15, 0.2) is 18.2 Å². The summed E-state index contributed by atoms with van der Waals surface area (Å²) in [5.74, 6) is -0.128. The molecule has 1 aromatic carbocycles. The lowest BCUT2D eigenvalue weighted by Crippen LogP contribution is -2.36. The van der Waals surface area contributed by atoms with Crippen LogP contribution in [-0.4, -0.2) is 46.1 Å². The predicted octanol–water partition coefficient (Wildman–Crippen LogP) is 2.91. The lowest BCUT2D eigenvalue weighted by molar-refractivity contribution is 0.143. The number of halogens is 1. The van der Waals surface area contributed by atoms with E-state index < -0.39 is 21.6 Å². The molecule has 1 amide bonds. The highest BCUT2D eigenvalue weighted by Gasteiger charge is 2.33. The molecule has 3 rings (SSSR count). The van der Waals surface area contributed by atoms with E-state index in [2.05, 4.69) is 10.6 Å². The summed E-state index contributed by atoms with van der Waals surface area (Å²) in [6.07, 6.45) is 1.32. The fraction of sp³-hybridized carbons (Fsp3) is 0.556. The van der Waals surface area contributed by atoms with Gasteiger partial charge in [0.05, 0.1) is 39.4 Å². The van der Waals surface area contributed by atoms with Gasteiger partial charge in [-0.2, -0.15) is 0 Å². The number of amides is 1. The largest absolute Gasteiger partial charge is 0.442 e. The highest BCUT2D eigenvalue weighted by molar-refractivity contribution is 7.92. The Kier molecular flexibility index (Phi) is 6.51. The topological polar surface area (TPSA) is 94.5 Å². The number of cyclic esters (lactones) is 1. The van der Waals surface area contributed by atoms with Gasteiger partial charge in [-0.05, 0) is 31.4 Å². The van der Waals surface area contributed by atoms with Gasteiger partial charge in [-0.15, -0.1) is 0 Å². The fourth-order valence-corrected chi connectivity index (χ4v) is 4.85. The molecule has 2 fully saturated rings. The Hall–Kier alpha value is -1.78. The molecule has 7 nitrogen and oxygen atoms in total. The Bertz CT molecular complexity index is 848. The third-order valence-electron chi connectivity index (χ3n) is 4.85.